The zero-order valence-corrected chi connectivity index (χ0v) is 20.1. The van der Waals surface area contributed by atoms with Gasteiger partial charge in [0.05, 0.1) is 0 Å². The largest absolute Gasteiger partial charge is 0.299 e. The zero-order valence-electron chi connectivity index (χ0n) is 20.1. The lowest BCUT2D eigenvalue weighted by Crippen LogP contribution is -2.36. The van der Waals surface area contributed by atoms with Gasteiger partial charge in [0.15, 0.2) is 0 Å². The molecule has 2 atom stereocenters. The van der Waals surface area contributed by atoms with Crippen molar-refractivity contribution in [2.24, 2.45) is 21.7 Å². The minimum absolute atomic E-state index is 0. The lowest BCUT2D eigenvalue weighted by atomic mass is 9.66. The van der Waals surface area contributed by atoms with E-state index in [9.17, 15) is 9.59 Å². The smallest absolute Gasteiger partial charge is 0.139 e. The Morgan fingerprint density at radius 2 is 0.852 bits per heavy atom. The van der Waals surface area contributed by atoms with E-state index in [1.165, 1.54) is 0 Å². The van der Waals surface area contributed by atoms with Crippen LogP contribution in [0.1, 0.15) is 129 Å². The van der Waals surface area contributed by atoms with E-state index in [2.05, 4.69) is 55.4 Å². The van der Waals surface area contributed by atoms with Crippen molar-refractivity contribution >= 4 is 11.6 Å². The summed E-state index contributed by atoms with van der Waals surface area (Å²) in [4.78, 5) is 23.1. The van der Waals surface area contributed by atoms with Crippen LogP contribution in [0.4, 0.5) is 0 Å². The summed E-state index contributed by atoms with van der Waals surface area (Å²) >= 11 is 0. The molecule has 0 heterocycles. The molecule has 0 aromatic rings. The molecule has 2 heteroatoms. The highest BCUT2D eigenvalue weighted by molar-refractivity contribution is 5.87. The van der Waals surface area contributed by atoms with Crippen molar-refractivity contribution in [1.29, 1.82) is 0 Å². The highest BCUT2D eigenvalue weighted by Crippen LogP contribution is 2.48. The van der Waals surface area contributed by atoms with Crippen molar-refractivity contribution in [3.8, 4) is 0 Å². The molecule has 0 aromatic heterocycles. The second-order valence-electron chi connectivity index (χ2n) is 9.72. The molecule has 2 nitrogen and oxygen atoms in total. The second-order valence-corrected chi connectivity index (χ2v) is 9.72. The van der Waals surface area contributed by atoms with Gasteiger partial charge in [-0.2, -0.15) is 0 Å². The second kappa shape index (κ2) is 12.0. The van der Waals surface area contributed by atoms with Gasteiger partial charge in [-0.25, -0.2) is 0 Å². The SMILES string of the molecule is C.CC.CC.CC(C)(C)[C@@]1(C)CCCC1=O.CC(C)(C)[C@]1(C)CCCC1=O. The average molecular weight is 385 g/mol. The topological polar surface area (TPSA) is 34.1 Å². The van der Waals surface area contributed by atoms with Crippen molar-refractivity contribution in [2.75, 3.05) is 0 Å². The molecule has 2 aliphatic rings. The number of hydrogen-bond donors (Lipinski definition) is 0. The molecular weight excluding hydrogens is 332 g/mol. The van der Waals surface area contributed by atoms with Gasteiger partial charge >= 0.3 is 0 Å². The van der Waals surface area contributed by atoms with E-state index >= 15 is 0 Å². The summed E-state index contributed by atoms with van der Waals surface area (Å²) in [5.74, 6) is 0.926. The van der Waals surface area contributed by atoms with Crippen LogP contribution in [0.25, 0.3) is 0 Å². The number of carbonyl (C=O) groups excluding carboxylic acids is 2. The molecule has 164 valence electrons. The van der Waals surface area contributed by atoms with Gasteiger partial charge in [0.25, 0.3) is 0 Å². The van der Waals surface area contributed by atoms with Crippen molar-refractivity contribution in [3.63, 3.8) is 0 Å². The van der Waals surface area contributed by atoms with E-state index in [4.69, 9.17) is 0 Å². The van der Waals surface area contributed by atoms with Crippen LogP contribution in [0.2, 0.25) is 0 Å². The van der Waals surface area contributed by atoms with E-state index in [0.717, 1.165) is 38.5 Å². The fourth-order valence-electron chi connectivity index (χ4n) is 3.62. The van der Waals surface area contributed by atoms with Crippen LogP contribution in [0.3, 0.4) is 0 Å². The standard InChI is InChI=1S/2C10H18O.2C2H6.CH4/c2*1-9(2,3)10(4)7-5-6-8(10)11;2*1-2;/h2*5-7H2,1-4H3;2*1-2H3;1H4/t2*10-;;;/m10.../s1. The van der Waals surface area contributed by atoms with Crippen LogP contribution in [0.15, 0.2) is 0 Å². The predicted octanol–water partition coefficient (Wildman–Crippen LogP) is 8.27. The maximum atomic E-state index is 11.5. The van der Waals surface area contributed by atoms with Crippen molar-refractivity contribution < 1.29 is 9.59 Å². The normalized spacial score (nSPS) is 27.3. The molecule has 2 saturated carbocycles. The van der Waals surface area contributed by atoms with Gasteiger partial charge in [-0.1, -0.05) is 90.5 Å². The fraction of sp³-hybridized carbons (Fsp3) is 0.920. The molecule has 0 bridgehead atoms. The van der Waals surface area contributed by atoms with Crippen LogP contribution in [-0.4, -0.2) is 11.6 Å². The molecule has 0 saturated heterocycles. The summed E-state index contributed by atoms with van der Waals surface area (Å²) < 4.78 is 0. The van der Waals surface area contributed by atoms with E-state index in [1.54, 1.807) is 0 Å². The highest BCUT2D eigenvalue weighted by Gasteiger charge is 2.47. The van der Waals surface area contributed by atoms with E-state index in [1.807, 2.05) is 27.7 Å². The first-order chi connectivity index (χ1) is 11.8. The van der Waals surface area contributed by atoms with Crippen LogP contribution in [-0.2, 0) is 9.59 Å². The van der Waals surface area contributed by atoms with Gasteiger partial charge in [0.1, 0.15) is 11.6 Å². The predicted molar refractivity (Wildman–Crippen MR) is 122 cm³/mol. The lowest BCUT2D eigenvalue weighted by Gasteiger charge is -2.36. The summed E-state index contributed by atoms with van der Waals surface area (Å²) in [7, 11) is 0. The third-order valence-electron chi connectivity index (χ3n) is 6.70. The first-order valence-electron chi connectivity index (χ1n) is 10.8. The first-order valence-corrected chi connectivity index (χ1v) is 10.8. The van der Waals surface area contributed by atoms with Gasteiger partial charge < -0.3 is 0 Å². The third kappa shape index (κ3) is 7.35. The van der Waals surface area contributed by atoms with Crippen LogP contribution < -0.4 is 0 Å². The summed E-state index contributed by atoms with van der Waals surface area (Å²) in [5, 5.41) is 0. The van der Waals surface area contributed by atoms with Crippen LogP contribution >= 0.6 is 0 Å². The Morgan fingerprint density at radius 1 is 0.630 bits per heavy atom. The van der Waals surface area contributed by atoms with Gasteiger partial charge in [-0.3, -0.25) is 9.59 Å². The quantitative estimate of drug-likeness (QED) is 0.421. The molecule has 0 amide bonds. The first kappa shape index (κ1) is 31.0. The Kier molecular flexibility index (Phi) is 13.8. The Hall–Kier alpha value is -0.660. The van der Waals surface area contributed by atoms with Crippen molar-refractivity contribution in [2.45, 2.75) is 129 Å². The number of hydrogen-bond acceptors (Lipinski definition) is 2. The maximum Gasteiger partial charge on any atom is 0.139 e. The summed E-state index contributed by atoms with van der Waals surface area (Å²) in [5.41, 5.74) is 0.182. The molecule has 0 aromatic carbocycles. The summed E-state index contributed by atoms with van der Waals surface area (Å²) in [6.07, 6.45) is 5.94. The van der Waals surface area contributed by atoms with Gasteiger partial charge in [-0.15, -0.1) is 0 Å². The molecular formula is C25H52O2. The van der Waals surface area contributed by atoms with E-state index in [-0.39, 0.29) is 29.1 Å². The molecule has 2 fully saturated rings. The number of carbonyl (C=O) groups is 2. The zero-order chi connectivity index (χ0) is 21.4. The van der Waals surface area contributed by atoms with Crippen molar-refractivity contribution in [3.05, 3.63) is 0 Å². The van der Waals surface area contributed by atoms with Gasteiger partial charge in [-0.05, 0) is 36.5 Å². The molecule has 2 rings (SSSR count). The Bertz CT molecular complexity index is 394. The van der Waals surface area contributed by atoms with E-state index in [0.29, 0.717) is 11.6 Å². The minimum Gasteiger partial charge on any atom is -0.299 e. The molecule has 0 unspecified atom stereocenters. The van der Waals surface area contributed by atoms with Gasteiger partial charge in [0.2, 0.25) is 0 Å². The fourth-order valence-corrected chi connectivity index (χ4v) is 3.62. The number of rotatable bonds is 0. The molecule has 2 aliphatic carbocycles. The molecule has 0 aliphatic heterocycles. The Balaban J connectivity index is -0.000000349. The molecule has 27 heavy (non-hydrogen) atoms. The molecule has 0 N–H and O–H groups in total. The van der Waals surface area contributed by atoms with Crippen molar-refractivity contribution in [1.82, 2.24) is 0 Å². The highest BCUT2D eigenvalue weighted by atomic mass is 16.1. The molecule has 0 radical (unpaired) electrons. The minimum atomic E-state index is -0.0486. The number of Topliss-reactive ketones (excluding diaryl/α,β-unsaturated/α-hetero) is 2. The average Bonchev–Trinajstić information content (AvgIpc) is 3.08. The Labute approximate surface area is 172 Å². The third-order valence-corrected chi connectivity index (χ3v) is 6.70. The lowest BCUT2D eigenvalue weighted by molar-refractivity contribution is -0.130. The summed E-state index contributed by atoms with van der Waals surface area (Å²) in [6, 6.07) is 0. The van der Waals surface area contributed by atoms with E-state index < -0.39 is 0 Å². The summed E-state index contributed by atoms with van der Waals surface area (Å²) in [6.45, 7) is 25.2. The van der Waals surface area contributed by atoms with Crippen LogP contribution in [0, 0.1) is 21.7 Å². The van der Waals surface area contributed by atoms with Crippen LogP contribution in [0.5, 0.6) is 0 Å². The maximum absolute atomic E-state index is 11.5. The molecule has 0 spiro atoms. The monoisotopic (exact) mass is 384 g/mol. The Morgan fingerprint density at radius 3 is 0.926 bits per heavy atom. The number of ketones is 2. The van der Waals surface area contributed by atoms with Gasteiger partial charge in [0, 0.05) is 23.7 Å².